The van der Waals surface area contributed by atoms with Crippen LogP contribution < -0.4 is 10.6 Å². The lowest BCUT2D eigenvalue weighted by Gasteiger charge is -2.04. The van der Waals surface area contributed by atoms with Gasteiger partial charge in [-0.05, 0) is 18.2 Å². The predicted octanol–water partition coefficient (Wildman–Crippen LogP) is 2.04. The molecular weight excluding hydrogens is 228 g/mol. The number of nitrogen functional groups attached to an aromatic ring is 1. The SMILES string of the molecule is CN(C)c1nnc(-c2cc(Cl)ccc2N)o1. The van der Waals surface area contributed by atoms with Gasteiger partial charge in [0, 0.05) is 24.8 Å². The van der Waals surface area contributed by atoms with Crippen molar-refractivity contribution in [3.8, 4) is 11.5 Å². The van der Waals surface area contributed by atoms with E-state index in [9.17, 15) is 0 Å². The summed E-state index contributed by atoms with van der Waals surface area (Å²) in [4.78, 5) is 1.72. The number of benzene rings is 1. The summed E-state index contributed by atoms with van der Waals surface area (Å²) in [7, 11) is 3.64. The van der Waals surface area contributed by atoms with Crippen LogP contribution in [-0.2, 0) is 0 Å². The number of nitrogens with zero attached hydrogens (tertiary/aromatic N) is 3. The molecular formula is C10H11ClN4O. The molecule has 6 heteroatoms. The summed E-state index contributed by atoms with van der Waals surface area (Å²) in [6.45, 7) is 0. The molecule has 1 aromatic carbocycles. The maximum atomic E-state index is 5.88. The van der Waals surface area contributed by atoms with Crippen LogP contribution in [0.4, 0.5) is 11.7 Å². The highest BCUT2D eigenvalue weighted by molar-refractivity contribution is 6.31. The molecule has 0 radical (unpaired) electrons. The van der Waals surface area contributed by atoms with Gasteiger partial charge in [-0.15, -0.1) is 5.10 Å². The molecule has 0 amide bonds. The average molecular weight is 239 g/mol. The van der Waals surface area contributed by atoms with Crippen LogP contribution in [0, 0.1) is 0 Å². The van der Waals surface area contributed by atoms with Gasteiger partial charge < -0.3 is 15.1 Å². The van der Waals surface area contributed by atoms with Crippen LogP contribution in [0.25, 0.3) is 11.5 Å². The molecule has 0 saturated carbocycles. The minimum atomic E-state index is 0.365. The van der Waals surface area contributed by atoms with Gasteiger partial charge in [-0.2, -0.15) is 0 Å². The number of anilines is 2. The Balaban J connectivity index is 2.46. The van der Waals surface area contributed by atoms with Crippen molar-refractivity contribution in [3.63, 3.8) is 0 Å². The topological polar surface area (TPSA) is 68.2 Å². The molecule has 0 spiro atoms. The van der Waals surface area contributed by atoms with E-state index in [1.165, 1.54) is 0 Å². The molecule has 0 unspecified atom stereocenters. The van der Waals surface area contributed by atoms with Gasteiger partial charge in [-0.1, -0.05) is 16.7 Å². The van der Waals surface area contributed by atoms with E-state index < -0.39 is 0 Å². The second-order valence-electron chi connectivity index (χ2n) is 3.52. The Labute approximate surface area is 97.8 Å². The van der Waals surface area contributed by atoms with E-state index in [2.05, 4.69) is 10.2 Å². The maximum Gasteiger partial charge on any atom is 0.317 e. The molecule has 2 N–H and O–H groups in total. The maximum absolute atomic E-state index is 5.88. The standard InChI is InChI=1S/C10H11ClN4O/c1-15(2)10-14-13-9(16-10)7-5-6(11)3-4-8(7)12/h3-5H,12H2,1-2H3. The normalized spacial score (nSPS) is 10.4. The smallest absolute Gasteiger partial charge is 0.317 e. The second kappa shape index (κ2) is 4.02. The third-order valence-corrected chi connectivity index (χ3v) is 2.28. The summed E-state index contributed by atoms with van der Waals surface area (Å²) in [5.74, 6) is 0.365. The van der Waals surface area contributed by atoms with Gasteiger partial charge in [0.25, 0.3) is 5.89 Å². The van der Waals surface area contributed by atoms with Crippen molar-refractivity contribution in [1.82, 2.24) is 10.2 Å². The molecule has 1 heterocycles. The highest BCUT2D eigenvalue weighted by atomic mass is 35.5. The lowest BCUT2D eigenvalue weighted by Crippen LogP contribution is -2.08. The van der Waals surface area contributed by atoms with Crippen LogP contribution in [0.5, 0.6) is 0 Å². The molecule has 84 valence electrons. The monoisotopic (exact) mass is 238 g/mol. The molecule has 16 heavy (non-hydrogen) atoms. The zero-order valence-electron chi connectivity index (χ0n) is 8.94. The fraction of sp³-hybridized carbons (Fsp3) is 0.200. The zero-order valence-corrected chi connectivity index (χ0v) is 9.69. The largest absolute Gasteiger partial charge is 0.403 e. The summed E-state index contributed by atoms with van der Waals surface area (Å²) in [6.07, 6.45) is 0. The molecule has 5 nitrogen and oxygen atoms in total. The van der Waals surface area contributed by atoms with Crippen LogP contribution >= 0.6 is 11.6 Å². The number of nitrogens with two attached hydrogens (primary N) is 1. The first-order valence-electron chi connectivity index (χ1n) is 4.64. The van der Waals surface area contributed by atoms with Crippen molar-refractivity contribution in [2.75, 3.05) is 24.7 Å². The lowest BCUT2D eigenvalue weighted by atomic mass is 10.2. The zero-order chi connectivity index (χ0) is 11.7. The molecule has 0 bridgehead atoms. The molecule has 2 aromatic rings. The van der Waals surface area contributed by atoms with E-state index in [-0.39, 0.29) is 0 Å². The van der Waals surface area contributed by atoms with Gasteiger partial charge in [-0.3, -0.25) is 0 Å². The Morgan fingerprint density at radius 2 is 2.06 bits per heavy atom. The molecule has 0 atom stereocenters. The molecule has 0 fully saturated rings. The Morgan fingerprint density at radius 1 is 1.31 bits per heavy atom. The van der Waals surface area contributed by atoms with Gasteiger partial charge in [0.05, 0.1) is 5.56 Å². The third kappa shape index (κ3) is 1.94. The lowest BCUT2D eigenvalue weighted by molar-refractivity contribution is 0.566. The second-order valence-corrected chi connectivity index (χ2v) is 3.95. The van der Waals surface area contributed by atoms with E-state index in [0.717, 1.165) is 0 Å². The number of hydrogen-bond acceptors (Lipinski definition) is 5. The van der Waals surface area contributed by atoms with E-state index in [1.807, 2.05) is 14.1 Å². The number of halogens is 1. The highest BCUT2D eigenvalue weighted by Crippen LogP contribution is 2.28. The molecule has 0 aliphatic rings. The summed E-state index contributed by atoms with van der Waals surface area (Å²) in [6, 6.07) is 5.54. The first-order chi connectivity index (χ1) is 7.58. The predicted molar refractivity (Wildman–Crippen MR) is 63.5 cm³/mol. The summed E-state index contributed by atoms with van der Waals surface area (Å²) in [5.41, 5.74) is 7.01. The van der Waals surface area contributed by atoms with Crippen LogP contribution in [0.3, 0.4) is 0 Å². The Kier molecular flexibility index (Phi) is 2.70. The van der Waals surface area contributed by atoms with Crippen LogP contribution in [0.1, 0.15) is 0 Å². The molecule has 0 aliphatic carbocycles. The summed E-state index contributed by atoms with van der Waals surface area (Å²) in [5, 5.41) is 8.36. The van der Waals surface area contributed by atoms with E-state index >= 15 is 0 Å². The quantitative estimate of drug-likeness (QED) is 0.811. The average Bonchev–Trinajstić information content (AvgIpc) is 2.70. The van der Waals surface area contributed by atoms with Crippen molar-refractivity contribution in [2.24, 2.45) is 0 Å². The molecule has 2 rings (SSSR count). The fourth-order valence-corrected chi connectivity index (χ4v) is 1.39. The minimum absolute atomic E-state index is 0.365. The number of aromatic nitrogens is 2. The van der Waals surface area contributed by atoms with Crippen LogP contribution in [-0.4, -0.2) is 24.3 Å². The van der Waals surface area contributed by atoms with Crippen molar-refractivity contribution >= 4 is 23.3 Å². The van der Waals surface area contributed by atoms with Gasteiger partial charge in [-0.25, -0.2) is 0 Å². The van der Waals surface area contributed by atoms with Gasteiger partial charge in [0.2, 0.25) is 0 Å². The number of rotatable bonds is 2. The Morgan fingerprint density at radius 3 is 2.69 bits per heavy atom. The summed E-state index contributed by atoms with van der Waals surface area (Å²) >= 11 is 5.88. The highest BCUT2D eigenvalue weighted by Gasteiger charge is 2.12. The van der Waals surface area contributed by atoms with E-state index in [0.29, 0.717) is 28.2 Å². The van der Waals surface area contributed by atoms with E-state index in [1.54, 1.807) is 23.1 Å². The Bertz CT molecular complexity index is 509. The first-order valence-corrected chi connectivity index (χ1v) is 5.02. The van der Waals surface area contributed by atoms with Gasteiger partial charge in [0.1, 0.15) is 0 Å². The van der Waals surface area contributed by atoms with Gasteiger partial charge in [0.15, 0.2) is 0 Å². The van der Waals surface area contributed by atoms with Crippen LogP contribution in [0.15, 0.2) is 22.6 Å². The molecule has 0 saturated heterocycles. The van der Waals surface area contributed by atoms with Gasteiger partial charge >= 0.3 is 6.01 Å². The summed E-state index contributed by atoms with van der Waals surface area (Å²) < 4.78 is 5.43. The molecule has 1 aromatic heterocycles. The van der Waals surface area contributed by atoms with Crippen molar-refractivity contribution in [1.29, 1.82) is 0 Å². The first kappa shape index (κ1) is 10.8. The van der Waals surface area contributed by atoms with Crippen LogP contribution in [0.2, 0.25) is 5.02 Å². The Hall–Kier alpha value is -1.75. The van der Waals surface area contributed by atoms with Crippen molar-refractivity contribution < 1.29 is 4.42 Å². The fourth-order valence-electron chi connectivity index (χ4n) is 1.22. The van der Waals surface area contributed by atoms with Crippen molar-refractivity contribution in [3.05, 3.63) is 23.2 Å². The minimum Gasteiger partial charge on any atom is -0.403 e. The third-order valence-electron chi connectivity index (χ3n) is 2.04. The number of hydrogen-bond donors (Lipinski definition) is 1. The van der Waals surface area contributed by atoms with Crippen molar-refractivity contribution in [2.45, 2.75) is 0 Å². The molecule has 0 aliphatic heterocycles. The van der Waals surface area contributed by atoms with E-state index in [4.69, 9.17) is 21.8 Å².